The molecule has 0 radical (unpaired) electrons. The van der Waals surface area contributed by atoms with E-state index in [-0.39, 0.29) is 0 Å². The summed E-state index contributed by atoms with van der Waals surface area (Å²) < 4.78 is 42.5. The van der Waals surface area contributed by atoms with Crippen molar-refractivity contribution in [3.05, 3.63) is 59.9 Å². The summed E-state index contributed by atoms with van der Waals surface area (Å²) in [6.07, 6.45) is 9.60. The number of nitrogens with zero attached hydrogens (tertiary/aromatic N) is 1. The lowest BCUT2D eigenvalue weighted by atomic mass is 9.55. The van der Waals surface area contributed by atoms with Crippen molar-refractivity contribution in [1.82, 2.24) is 4.98 Å². The second-order valence-electron chi connectivity index (χ2n) is 9.23. The van der Waals surface area contributed by atoms with Crippen LogP contribution >= 0.6 is 0 Å². The molecule has 5 rings (SSSR count). The van der Waals surface area contributed by atoms with E-state index in [0.29, 0.717) is 35.3 Å². The van der Waals surface area contributed by atoms with Crippen LogP contribution < -0.4 is 4.74 Å². The maximum absolute atomic E-state index is 11.4. The van der Waals surface area contributed by atoms with Gasteiger partial charge in [-0.05, 0) is 90.7 Å². The fraction of sp³-hybridized carbons (Fsp3) is 0.542. The van der Waals surface area contributed by atoms with Gasteiger partial charge in [0.1, 0.15) is 11.9 Å². The molecule has 0 spiro atoms. The molecule has 6 nitrogen and oxygen atoms in total. The number of rotatable bonds is 3. The van der Waals surface area contributed by atoms with Crippen LogP contribution in [0.5, 0.6) is 5.75 Å². The minimum Gasteiger partial charge on any atom is -0.497 e. The molecule has 1 aromatic carbocycles. The standard InChI is InChI=1S/C19H26O5S.C5H5N/c1-19-8-3-4-17(19)15-11-18(24-25(20,21)22)16-10-12(23-2)5-6-13(16)14(15)7-9-19;1-2-4-6-5-3-1/h5-6,10,14-15,17-18H,3-4,7-9,11H2,1-2H3,(H,20,21,22);1-5H/t14?,15?,17?,18?,19-;/m0./s1. The van der Waals surface area contributed by atoms with Gasteiger partial charge in [-0.2, -0.15) is 8.42 Å². The van der Waals surface area contributed by atoms with Gasteiger partial charge in [0.25, 0.3) is 0 Å². The minimum absolute atomic E-state index is 0.369. The fourth-order valence-electron chi connectivity index (χ4n) is 6.22. The van der Waals surface area contributed by atoms with Crippen molar-refractivity contribution in [2.75, 3.05) is 7.11 Å². The molecule has 0 aliphatic heterocycles. The van der Waals surface area contributed by atoms with E-state index in [0.717, 1.165) is 12.0 Å². The molecule has 0 amide bonds. The van der Waals surface area contributed by atoms with Gasteiger partial charge in [-0.3, -0.25) is 9.54 Å². The first-order valence-electron chi connectivity index (χ1n) is 11.0. The predicted octanol–water partition coefficient (Wildman–Crippen LogP) is 5.34. The Bertz CT molecular complexity index is 970. The molecule has 4 unspecified atom stereocenters. The Balaban J connectivity index is 0.000000334. The predicted molar refractivity (Wildman–Crippen MR) is 118 cm³/mol. The highest BCUT2D eigenvalue weighted by molar-refractivity contribution is 7.80. The first-order chi connectivity index (χ1) is 14.8. The summed E-state index contributed by atoms with van der Waals surface area (Å²) in [4.78, 5) is 3.78. The van der Waals surface area contributed by atoms with Crippen LogP contribution in [0.4, 0.5) is 0 Å². The normalized spacial score (nSPS) is 31.5. The van der Waals surface area contributed by atoms with E-state index in [1.807, 2.05) is 30.3 Å². The molecule has 2 aromatic rings. The quantitative estimate of drug-likeness (QED) is 0.642. The molecular weight excluding hydrogens is 414 g/mol. The van der Waals surface area contributed by atoms with Crippen LogP contribution in [0.25, 0.3) is 0 Å². The van der Waals surface area contributed by atoms with Crippen molar-refractivity contribution in [1.29, 1.82) is 0 Å². The number of pyridine rings is 1. The third kappa shape index (κ3) is 4.78. The number of hydrogen-bond donors (Lipinski definition) is 1. The molecule has 2 saturated carbocycles. The monoisotopic (exact) mass is 445 g/mol. The fourth-order valence-corrected chi connectivity index (χ4v) is 6.69. The van der Waals surface area contributed by atoms with E-state index >= 15 is 0 Å². The molecule has 1 aromatic heterocycles. The van der Waals surface area contributed by atoms with Crippen molar-refractivity contribution in [2.24, 2.45) is 17.3 Å². The summed E-state index contributed by atoms with van der Waals surface area (Å²) in [5, 5.41) is 0. The number of ether oxygens (including phenoxy) is 1. The van der Waals surface area contributed by atoms with Crippen molar-refractivity contribution < 1.29 is 21.9 Å². The van der Waals surface area contributed by atoms with Crippen molar-refractivity contribution >= 4 is 10.4 Å². The van der Waals surface area contributed by atoms with Gasteiger partial charge in [0.15, 0.2) is 0 Å². The van der Waals surface area contributed by atoms with E-state index in [4.69, 9.17) is 8.92 Å². The molecule has 1 heterocycles. The molecule has 3 aliphatic carbocycles. The molecule has 0 saturated heterocycles. The van der Waals surface area contributed by atoms with Crippen LogP contribution in [0.1, 0.15) is 68.6 Å². The van der Waals surface area contributed by atoms with Gasteiger partial charge < -0.3 is 4.74 Å². The van der Waals surface area contributed by atoms with E-state index in [1.165, 1.54) is 31.2 Å². The number of fused-ring (bicyclic) bond motifs is 5. The molecule has 0 bridgehead atoms. The second kappa shape index (κ2) is 8.88. The van der Waals surface area contributed by atoms with Crippen molar-refractivity contribution in [2.45, 2.75) is 57.5 Å². The lowest BCUT2D eigenvalue weighted by Crippen LogP contribution is -2.41. The Kier molecular flexibility index (Phi) is 6.37. The largest absolute Gasteiger partial charge is 0.497 e. The van der Waals surface area contributed by atoms with Gasteiger partial charge >= 0.3 is 10.4 Å². The highest BCUT2D eigenvalue weighted by Gasteiger charge is 2.52. The molecule has 2 fully saturated rings. The van der Waals surface area contributed by atoms with Crippen LogP contribution in [0.2, 0.25) is 0 Å². The average molecular weight is 446 g/mol. The Morgan fingerprint density at radius 2 is 1.87 bits per heavy atom. The maximum Gasteiger partial charge on any atom is 0.397 e. The lowest BCUT2D eigenvalue weighted by Gasteiger charge is -2.50. The molecule has 31 heavy (non-hydrogen) atoms. The smallest absolute Gasteiger partial charge is 0.397 e. The van der Waals surface area contributed by atoms with Crippen LogP contribution in [0.15, 0.2) is 48.8 Å². The van der Waals surface area contributed by atoms with Gasteiger partial charge in [0.2, 0.25) is 0 Å². The molecule has 5 atom stereocenters. The summed E-state index contributed by atoms with van der Waals surface area (Å²) in [5.41, 5.74) is 2.38. The van der Waals surface area contributed by atoms with Crippen molar-refractivity contribution in [3.63, 3.8) is 0 Å². The number of methoxy groups -OCH3 is 1. The lowest BCUT2D eigenvalue weighted by molar-refractivity contribution is 0.0243. The minimum atomic E-state index is -4.50. The highest BCUT2D eigenvalue weighted by atomic mass is 32.3. The third-order valence-electron chi connectivity index (χ3n) is 7.55. The Labute approximate surface area is 185 Å². The highest BCUT2D eigenvalue weighted by Crippen LogP contribution is 2.62. The van der Waals surface area contributed by atoms with Crippen molar-refractivity contribution in [3.8, 4) is 5.75 Å². The van der Waals surface area contributed by atoms with Gasteiger partial charge in [-0.25, -0.2) is 4.18 Å². The number of aromatic nitrogens is 1. The maximum atomic E-state index is 11.4. The first kappa shape index (κ1) is 22.2. The van der Waals surface area contributed by atoms with E-state index < -0.39 is 16.5 Å². The second-order valence-corrected chi connectivity index (χ2v) is 10.3. The van der Waals surface area contributed by atoms with Gasteiger partial charge in [0, 0.05) is 12.4 Å². The SMILES string of the molecule is COc1ccc2c(c1)C(OS(=O)(=O)O)CC1C2CC[C@]2(C)CCCC12.c1ccncc1. The van der Waals surface area contributed by atoms with Crippen LogP contribution in [-0.4, -0.2) is 25.1 Å². The number of hydrogen-bond acceptors (Lipinski definition) is 5. The summed E-state index contributed by atoms with van der Waals surface area (Å²) in [7, 11) is -2.91. The van der Waals surface area contributed by atoms with Gasteiger partial charge in [-0.1, -0.05) is 25.5 Å². The van der Waals surface area contributed by atoms with Crippen LogP contribution in [0, 0.1) is 17.3 Å². The average Bonchev–Trinajstić information content (AvgIpc) is 3.16. The summed E-state index contributed by atoms with van der Waals surface area (Å²) in [6.45, 7) is 2.39. The zero-order chi connectivity index (χ0) is 22.1. The van der Waals surface area contributed by atoms with Crippen LogP contribution in [-0.2, 0) is 14.6 Å². The number of benzene rings is 1. The summed E-state index contributed by atoms with van der Waals surface area (Å²) >= 11 is 0. The Morgan fingerprint density at radius 1 is 1.10 bits per heavy atom. The molecule has 168 valence electrons. The summed E-state index contributed by atoms with van der Waals surface area (Å²) in [6, 6.07) is 11.6. The van der Waals surface area contributed by atoms with E-state index in [2.05, 4.69) is 18.0 Å². The van der Waals surface area contributed by atoms with Gasteiger partial charge in [-0.15, -0.1) is 0 Å². The first-order valence-corrected chi connectivity index (χ1v) is 12.4. The molecule has 3 aliphatic rings. The summed E-state index contributed by atoms with van der Waals surface area (Å²) in [5.74, 6) is 2.14. The zero-order valence-electron chi connectivity index (χ0n) is 18.1. The Hall–Kier alpha value is -1.96. The van der Waals surface area contributed by atoms with E-state index in [9.17, 15) is 13.0 Å². The topological polar surface area (TPSA) is 85.7 Å². The zero-order valence-corrected chi connectivity index (χ0v) is 18.9. The molecule has 7 heteroatoms. The van der Waals surface area contributed by atoms with Crippen LogP contribution in [0.3, 0.4) is 0 Å². The van der Waals surface area contributed by atoms with Gasteiger partial charge in [0.05, 0.1) is 7.11 Å². The molecule has 1 N–H and O–H groups in total. The van der Waals surface area contributed by atoms with E-state index in [1.54, 1.807) is 19.5 Å². The third-order valence-corrected chi connectivity index (χ3v) is 8.02. The Morgan fingerprint density at radius 3 is 2.48 bits per heavy atom. The molecular formula is C24H31NO5S.